The molecule has 0 fully saturated rings. The summed E-state index contributed by atoms with van der Waals surface area (Å²) in [5, 5.41) is 0. The zero-order valence-electron chi connectivity index (χ0n) is 44.4. The monoisotopic (exact) mass is 937 g/mol. The van der Waals surface area contributed by atoms with Crippen molar-refractivity contribution < 1.29 is 28.6 Å². The maximum absolute atomic E-state index is 12.8. The third-order valence-corrected chi connectivity index (χ3v) is 12.5. The summed E-state index contributed by atoms with van der Waals surface area (Å²) in [6.07, 6.45) is 69.3. The molecule has 0 saturated heterocycles. The van der Waals surface area contributed by atoms with Crippen molar-refractivity contribution in [2.75, 3.05) is 13.2 Å². The predicted molar refractivity (Wildman–Crippen MR) is 288 cm³/mol. The van der Waals surface area contributed by atoms with Crippen molar-refractivity contribution >= 4 is 17.9 Å². The molecule has 0 aliphatic heterocycles. The summed E-state index contributed by atoms with van der Waals surface area (Å²) < 4.78 is 16.8. The smallest absolute Gasteiger partial charge is 0.306 e. The first kappa shape index (κ1) is 64.1. The maximum atomic E-state index is 12.8. The Morgan fingerprint density at radius 3 is 0.866 bits per heavy atom. The van der Waals surface area contributed by atoms with Gasteiger partial charge in [-0.15, -0.1) is 0 Å². The molecular weight excluding hydrogens is 829 g/mol. The summed E-state index contributed by atoms with van der Waals surface area (Å²) in [5.74, 6) is -0.891. The lowest BCUT2D eigenvalue weighted by atomic mass is 10.1. The van der Waals surface area contributed by atoms with Crippen LogP contribution in [0.4, 0.5) is 0 Å². The van der Waals surface area contributed by atoms with Crippen LogP contribution in [0, 0.1) is 0 Å². The zero-order valence-corrected chi connectivity index (χ0v) is 44.4. The van der Waals surface area contributed by atoms with Gasteiger partial charge in [0.25, 0.3) is 0 Å². The zero-order chi connectivity index (χ0) is 48.6. The molecule has 0 aromatic heterocycles. The predicted octanol–water partition coefficient (Wildman–Crippen LogP) is 19.2. The van der Waals surface area contributed by atoms with E-state index in [1.54, 1.807) is 0 Å². The van der Waals surface area contributed by atoms with Gasteiger partial charge in [0.2, 0.25) is 0 Å². The first-order chi connectivity index (χ1) is 33.0. The van der Waals surface area contributed by atoms with Crippen LogP contribution in [-0.4, -0.2) is 37.2 Å². The van der Waals surface area contributed by atoms with Crippen molar-refractivity contribution in [3.05, 3.63) is 60.8 Å². The molecule has 0 heterocycles. The summed E-state index contributed by atoms with van der Waals surface area (Å²) >= 11 is 0. The highest BCUT2D eigenvalue weighted by Crippen LogP contribution is 2.15. The number of allylic oxidation sites excluding steroid dienone is 10. The molecule has 0 aromatic carbocycles. The van der Waals surface area contributed by atoms with E-state index < -0.39 is 6.10 Å². The van der Waals surface area contributed by atoms with Crippen LogP contribution in [0.2, 0.25) is 0 Å². The largest absolute Gasteiger partial charge is 0.462 e. The number of rotatable bonds is 52. The Hall–Kier alpha value is -2.89. The van der Waals surface area contributed by atoms with E-state index in [1.165, 1.54) is 154 Å². The second-order valence-electron chi connectivity index (χ2n) is 19.2. The van der Waals surface area contributed by atoms with Crippen LogP contribution in [0.3, 0.4) is 0 Å². The maximum Gasteiger partial charge on any atom is 0.306 e. The minimum absolute atomic E-state index is 0.0792. The molecule has 6 nitrogen and oxygen atoms in total. The molecule has 0 saturated carbocycles. The van der Waals surface area contributed by atoms with E-state index in [-0.39, 0.29) is 31.1 Å². The number of esters is 3. The minimum Gasteiger partial charge on any atom is -0.462 e. The van der Waals surface area contributed by atoms with Gasteiger partial charge in [0.05, 0.1) is 0 Å². The van der Waals surface area contributed by atoms with Gasteiger partial charge in [0.15, 0.2) is 6.10 Å². The van der Waals surface area contributed by atoms with Gasteiger partial charge in [-0.25, -0.2) is 0 Å². The van der Waals surface area contributed by atoms with Gasteiger partial charge in [-0.1, -0.05) is 242 Å². The molecule has 0 aromatic rings. The molecule has 0 rings (SSSR count). The van der Waals surface area contributed by atoms with E-state index in [4.69, 9.17) is 14.2 Å². The van der Waals surface area contributed by atoms with Crippen LogP contribution in [0.25, 0.3) is 0 Å². The molecule has 0 N–H and O–H groups in total. The van der Waals surface area contributed by atoms with E-state index in [0.717, 1.165) is 96.3 Å². The minimum atomic E-state index is -0.780. The molecule has 1 atom stereocenters. The Bertz CT molecular complexity index is 1210. The van der Waals surface area contributed by atoms with Crippen molar-refractivity contribution in [3.63, 3.8) is 0 Å². The fraction of sp³-hybridized carbons (Fsp3) is 0.787. The van der Waals surface area contributed by atoms with Crippen LogP contribution in [0.5, 0.6) is 0 Å². The Morgan fingerprint density at radius 2 is 0.537 bits per heavy atom. The summed E-state index contributed by atoms with van der Waals surface area (Å²) in [5.41, 5.74) is 0. The second kappa shape index (κ2) is 55.7. The number of ether oxygens (including phenoxy) is 3. The molecule has 388 valence electrons. The van der Waals surface area contributed by atoms with Crippen LogP contribution < -0.4 is 0 Å². The van der Waals surface area contributed by atoms with Crippen molar-refractivity contribution in [1.29, 1.82) is 0 Å². The van der Waals surface area contributed by atoms with Gasteiger partial charge in [-0.3, -0.25) is 14.4 Å². The van der Waals surface area contributed by atoms with Gasteiger partial charge >= 0.3 is 17.9 Å². The summed E-state index contributed by atoms with van der Waals surface area (Å²) in [4.78, 5) is 38.0. The van der Waals surface area contributed by atoms with E-state index in [9.17, 15) is 14.4 Å². The van der Waals surface area contributed by atoms with Gasteiger partial charge in [0, 0.05) is 19.3 Å². The third kappa shape index (κ3) is 53.9. The van der Waals surface area contributed by atoms with Gasteiger partial charge < -0.3 is 14.2 Å². The molecule has 0 radical (unpaired) electrons. The van der Waals surface area contributed by atoms with Gasteiger partial charge in [-0.2, -0.15) is 0 Å². The second-order valence-corrected chi connectivity index (χ2v) is 19.2. The number of carbonyl (C=O) groups is 3. The van der Waals surface area contributed by atoms with Gasteiger partial charge in [0.1, 0.15) is 13.2 Å². The summed E-state index contributed by atoms with van der Waals surface area (Å²) in [7, 11) is 0. The van der Waals surface area contributed by atoms with Crippen LogP contribution in [0.1, 0.15) is 290 Å². The highest BCUT2D eigenvalue weighted by atomic mass is 16.6. The SMILES string of the molecule is CCCCC/C=C\C/C=C\CCCCCCCC(=O)OC(COC(=O)CCCCCCCCCCC)COC(=O)CCCCCCCCCCCC/C=C\C/C=C\C/C=C\CCCCCCC. The van der Waals surface area contributed by atoms with E-state index in [1.807, 2.05) is 0 Å². The first-order valence-corrected chi connectivity index (χ1v) is 28.8. The Balaban J connectivity index is 4.23. The number of carbonyl (C=O) groups excluding carboxylic acids is 3. The van der Waals surface area contributed by atoms with Crippen molar-refractivity contribution in [2.45, 2.75) is 297 Å². The van der Waals surface area contributed by atoms with Crippen molar-refractivity contribution in [1.82, 2.24) is 0 Å². The fourth-order valence-electron chi connectivity index (χ4n) is 8.13. The number of unbranched alkanes of at least 4 members (excludes halogenated alkanes) is 31. The highest BCUT2D eigenvalue weighted by Gasteiger charge is 2.19. The van der Waals surface area contributed by atoms with Crippen LogP contribution in [-0.2, 0) is 28.6 Å². The fourth-order valence-corrected chi connectivity index (χ4v) is 8.13. The molecular formula is C61H108O6. The lowest BCUT2D eigenvalue weighted by molar-refractivity contribution is -0.167. The van der Waals surface area contributed by atoms with Crippen LogP contribution >= 0.6 is 0 Å². The molecule has 0 bridgehead atoms. The normalized spacial score (nSPS) is 12.5. The lowest BCUT2D eigenvalue weighted by Gasteiger charge is -2.18. The highest BCUT2D eigenvalue weighted by molar-refractivity contribution is 5.71. The average molecular weight is 938 g/mol. The quantitative estimate of drug-likeness (QED) is 0.0262. The molecule has 67 heavy (non-hydrogen) atoms. The first-order valence-electron chi connectivity index (χ1n) is 28.8. The summed E-state index contributed by atoms with van der Waals surface area (Å²) in [6, 6.07) is 0. The molecule has 0 aliphatic carbocycles. The molecule has 1 unspecified atom stereocenters. The molecule has 0 amide bonds. The van der Waals surface area contributed by atoms with E-state index in [2.05, 4.69) is 81.5 Å². The van der Waals surface area contributed by atoms with Crippen molar-refractivity contribution in [2.24, 2.45) is 0 Å². The Kier molecular flexibility index (Phi) is 53.3. The van der Waals surface area contributed by atoms with Crippen LogP contribution in [0.15, 0.2) is 60.8 Å². The van der Waals surface area contributed by atoms with E-state index in [0.29, 0.717) is 19.3 Å². The van der Waals surface area contributed by atoms with Gasteiger partial charge in [-0.05, 0) is 89.9 Å². The topological polar surface area (TPSA) is 78.9 Å². The average Bonchev–Trinajstić information content (AvgIpc) is 3.33. The lowest BCUT2D eigenvalue weighted by Crippen LogP contribution is -2.30. The third-order valence-electron chi connectivity index (χ3n) is 12.5. The number of hydrogen-bond acceptors (Lipinski definition) is 6. The Labute approximate surface area is 415 Å². The van der Waals surface area contributed by atoms with E-state index >= 15 is 0 Å². The summed E-state index contributed by atoms with van der Waals surface area (Å²) in [6.45, 7) is 6.58. The number of hydrogen-bond donors (Lipinski definition) is 0. The standard InChI is InChI=1S/C61H108O6/c1-4-7-10-13-16-19-21-23-25-26-27-28-29-30-31-32-33-34-36-37-39-42-45-48-51-54-60(63)66-57-58(56-65-59(62)53-50-47-44-41-18-15-12-9-6-3)67-61(64)55-52-49-46-43-40-38-35-24-22-20-17-14-11-8-5-2/h17,20-21,23-24,26-27,29-30,35,58H,4-16,18-19,22,25,28,31-34,36-57H2,1-3H3/b20-17-,23-21-,27-26-,30-29-,35-24-. The molecule has 0 aliphatic rings. The van der Waals surface area contributed by atoms with Crippen molar-refractivity contribution in [3.8, 4) is 0 Å². The molecule has 0 spiro atoms. The molecule has 6 heteroatoms. The Morgan fingerprint density at radius 1 is 0.299 bits per heavy atom.